The van der Waals surface area contributed by atoms with Gasteiger partial charge in [-0.1, -0.05) is 39.8 Å². The van der Waals surface area contributed by atoms with E-state index in [0.717, 1.165) is 17.9 Å². The number of benzene rings is 1. The molecule has 0 aliphatic rings. The fraction of sp³-hybridized carbons (Fsp3) is 0.600. The Bertz CT molecular complexity index is 366. The maximum absolute atomic E-state index is 5.45. The molecule has 1 unspecified atom stereocenters. The van der Waals surface area contributed by atoms with Gasteiger partial charge in [-0.15, -0.1) is 0 Å². The summed E-state index contributed by atoms with van der Waals surface area (Å²) >= 11 is 4.31. The lowest BCUT2D eigenvalue weighted by Crippen LogP contribution is -2.13. The van der Waals surface area contributed by atoms with Crippen LogP contribution in [0.25, 0.3) is 0 Å². The molecule has 1 rings (SSSR count). The second-order valence-electron chi connectivity index (χ2n) is 5.62. The Hall–Kier alpha value is -0.630. The summed E-state index contributed by atoms with van der Waals surface area (Å²) in [5, 5.41) is 0. The van der Waals surface area contributed by atoms with Crippen LogP contribution >= 0.6 is 12.6 Å². The van der Waals surface area contributed by atoms with Crippen LogP contribution in [0.15, 0.2) is 18.2 Å². The first-order valence-electron chi connectivity index (χ1n) is 6.19. The quantitative estimate of drug-likeness (QED) is 0.781. The van der Waals surface area contributed by atoms with Gasteiger partial charge in [-0.3, -0.25) is 0 Å². The van der Waals surface area contributed by atoms with E-state index in [1.807, 2.05) is 0 Å². The highest BCUT2D eigenvalue weighted by molar-refractivity contribution is 7.80. The highest BCUT2D eigenvalue weighted by Crippen LogP contribution is 2.34. The van der Waals surface area contributed by atoms with Crippen LogP contribution < -0.4 is 4.74 Å². The molecule has 0 spiro atoms. The Morgan fingerprint density at radius 2 is 1.94 bits per heavy atom. The van der Waals surface area contributed by atoms with Crippen molar-refractivity contribution >= 4 is 12.6 Å². The second-order valence-corrected chi connectivity index (χ2v) is 6.07. The summed E-state index contributed by atoms with van der Waals surface area (Å²) in [6, 6.07) is 6.54. The first-order chi connectivity index (χ1) is 7.90. The van der Waals surface area contributed by atoms with E-state index in [1.54, 1.807) is 7.11 Å². The highest BCUT2D eigenvalue weighted by atomic mass is 32.1. The first kappa shape index (κ1) is 14.4. The van der Waals surface area contributed by atoms with Crippen molar-refractivity contribution in [2.24, 2.45) is 0 Å². The van der Waals surface area contributed by atoms with Crippen LogP contribution in [0.4, 0.5) is 0 Å². The molecular weight excluding hydrogens is 228 g/mol. The summed E-state index contributed by atoms with van der Waals surface area (Å²) in [4.78, 5) is 0. The van der Waals surface area contributed by atoms with Crippen LogP contribution in [-0.4, -0.2) is 12.9 Å². The number of hydrogen-bond acceptors (Lipinski definition) is 2. The van der Waals surface area contributed by atoms with E-state index in [2.05, 4.69) is 58.5 Å². The van der Waals surface area contributed by atoms with E-state index in [1.165, 1.54) is 11.1 Å². The minimum atomic E-state index is 0.113. The van der Waals surface area contributed by atoms with Crippen molar-refractivity contribution in [2.75, 3.05) is 12.9 Å². The molecule has 0 aliphatic heterocycles. The lowest BCUT2D eigenvalue weighted by atomic mass is 9.83. The molecule has 2 heteroatoms. The summed E-state index contributed by atoms with van der Waals surface area (Å²) in [5.74, 6) is 2.47. The smallest absolute Gasteiger partial charge is 0.122 e. The van der Waals surface area contributed by atoms with Gasteiger partial charge in [-0.2, -0.15) is 12.6 Å². The number of methoxy groups -OCH3 is 1. The standard InChI is InChI=1S/C15H24OS/c1-11(8-9-17)12-6-7-14(16-5)13(10-12)15(2,3)4/h6-7,10-11,17H,8-9H2,1-5H3. The summed E-state index contributed by atoms with van der Waals surface area (Å²) in [6.45, 7) is 8.91. The first-order valence-corrected chi connectivity index (χ1v) is 6.82. The van der Waals surface area contributed by atoms with Gasteiger partial charge in [0.05, 0.1) is 7.11 Å². The average molecular weight is 252 g/mol. The van der Waals surface area contributed by atoms with Crippen LogP contribution in [0.5, 0.6) is 5.75 Å². The van der Waals surface area contributed by atoms with Crippen molar-refractivity contribution in [2.45, 2.75) is 45.4 Å². The summed E-state index contributed by atoms with van der Waals surface area (Å²) < 4.78 is 5.45. The van der Waals surface area contributed by atoms with Crippen LogP contribution in [0.1, 0.15) is 51.2 Å². The lowest BCUT2D eigenvalue weighted by molar-refractivity contribution is 0.397. The predicted octanol–water partition coefficient (Wildman–Crippen LogP) is 4.42. The maximum Gasteiger partial charge on any atom is 0.122 e. The average Bonchev–Trinajstić information content (AvgIpc) is 2.27. The Kier molecular flexibility index (Phi) is 4.93. The van der Waals surface area contributed by atoms with Crippen molar-refractivity contribution in [3.63, 3.8) is 0 Å². The van der Waals surface area contributed by atoms with Gasteiger partial charge in [0.1, 0.15) is 5.75 Å². The van der Waals surface area contributed by atoms with Crippen LogP contribution in [0, 0.1) is 0 Å². The van der Waals surface area contributed by atoms with E-state index in [0.29, 0.717) is 5.92 Å². The van der Waals surface area contributed by atoms with Crippen LogP contribution in [0.3, 0.4) is 0 Å². The molecule has 0 amide bonds. The molecule has 1 aromatic rings. The molecule has 0 fully saturated rings. The third-order valence-electron chi connectivity index (χ3n) is 3.16. The van der Waals surface area contributed by atoms with Crippen molar-refractivity contribution in [1.29, 1.82) is 0 Å². The number of ether oxygens (including phenoxy) is 1. The van der Waals surface area contributed by atoms with Gasteiger partial charge in [0.15, 0.2) is 0 Å². The van der Waals surface area contributed by atoms with Crippen LogP contribution in [-0.2, 0) is 5.41 Å². The molecule has 0 bridgehead atoms. The number of hydrogen-bond donors (Lipinski definition) is 1. The third kappa shape index (κ3) is 3.67. The topological polar surface area (TPSA) is 9.23 Å². The van der Waals surface area contributed by atoms with Crippen LogP contribution in [0.2, 0.25) is 0 Å². The van der Waals surface area contributed by atoms with E-state index in [9.17, 15) is 0 Å². The molecule has 0 aliphatic carbocycles. The van der Waals surface area contributed by atoms with Crippen molar-refractivity contribution in [1.82, 2.24) is 0 Å². The van der Waals surface area contributed by atoms with E-state index < -0.39 is 0 Å². The zero-order valence-electron chi connectivity index (χ0n) is 11.6. The predicted molar refractivity (Wildman–Crippen MR) is 78.6 cm³/mol. The van der Waals surface area contributed by atoms with E-state index in [-0.39, 0.29) is 5.41 Å². The summed E-state index contributed by atoms with van der Waals surface area (Å²) in [6.07, 6.45) is 1.11. The molecule has 0 saturated heterocycles. The minimum absolute atomic E-state index is 0.113. The Labute approximate surface area is 111 Å². The molecule has 1 nitrogen and oxygen atoms in total. The Morgan fingerprint density at radius 1 is 1.29 bits per heavy atom. The summed E-state index contributed by atoms with van der Waals surface area (Å²) in [7, 11) is 1.74. The number of thiol groups is 1. The highest BCUT2D eigenvalue weighted by Gasteiger charge is 2.20. The Balaban J connectivity index is 3.13. The normalized spacial score (nSPS) is 13.5. The molecule has 1 atom stereocenters. The molecule has 0 heterocycles. The van der Waals surface area contributed by atoms with E-state index >= 15 is 0 Å². The van der Waals surface area contributed by atoms with Crippen molar-refractivity contribution in [3.8, 4) is 5.75 Å². The van der Waals surface area contributed by atoms with Crippen molar-refractivity contribution < 1.29 is 4.74 Å². The molecule has 0 radical (unpaired) electrons. The van der Waals surface area contributed by atoms with Gasteiger partial charge >= 0.3 is 0 Å². The SMILES string of the molecule is COc1ccc(C(C)CCS)cc1C(C)(C)C. The van der Waals surface area contributed by atoms with Gasteiger partial charge in [0, 0.05) is 0 Å². The molecule has 17 heavy (non-hydrogen) atoms. The fourth-order valence-electron chi connectivity index (χ4n) is 1.98. The fourth-order valence-corrected chi connectivity index (χ4v) is 2.37. The maximum atomic E-state index is 5.45. The second kappa shape index (κ2) is 5.81. The van der Waals surface area contributed by atoms with Gasteiger partial charge in [-0.05, 0) is 40.7 Å². The zero-order valence-corrected chi connectivity index (χ0v) is 12.5. The Morgan fingerprint density at radius 3 is 2.41 bits per heavy atom. The molecule has 96 valence electrons. The van der Waals surface area contributed by atoms with Crippen molar-refractivity contribution in [3.05, 3.63) is 29.3 Å². The van der Waals surface area contributed by atoms with Gasteiger partial charge in [0.25, 0.3) is 0 Å². The third-order valence-corrected chi connectivity index (χ3v) is 3.42. The summed E-state index contributed by atoms with van der Waals surface area (Å²) in [5.41, 5.74) is 2.77. The lowest BCUT2D eigenvalue weighted by Gasteiger charge is -2.24. The van der Waals surface area contributed by atoms with Gasteiger partial charge < -0.3 is 4.74 Å². The molecule has 0 saturated carbocycles. The monoisotopic (exact) mass is 252 g/mol. The molecule has 0 aromatic heterocycles. The molecule has 1 aromatic carbocycles. The van der Waals surface area contributed by atoms with Gasteiger partial charge in [0.2, 0.25) is 0 Å². The number of rotatable bonds is 4. The molecular formula is C15H24OS. The van der Waals surface area contributed by atoms with Gasteiger partial charge in [-0.25, -0.2) is 0 Å². The largest absolute Gasteiger partial charge is 0.496 e. The zero-order chi connectivity index (χ0) is 13.1. The van der Waals surface area contributed by atoms with E-state index in [4.69, 9.17) is 4.74 Å². The minimum Gasteiger partial charge on any atom is -0.496 e. The molecule has 0 N–H and O–H groups in total.